The molecule has 1 aliphatic rings. The molecule has 0 bridgehead atoms. The zero-order chi connectivity index (χ0) is 18.8. The predicted molar refractivity (Wildman–Crippen MR) is 108 cm³/mol. The highest BCUT2D eigenvalue weighted by Crippen LogP contribution is 2.32. The summed E-state index contributed by atoms with van der Waals surface area (Å²) in [6, 6.07) is 20.0. The van der Waals surface area contributed by atoms with E-state index in [1.54, 1.807) is 6.33 Å². The average molecular weight is 390 g/mol. The minimum absolute atomic E-state index is 0.0759. The van der Waals surface area contributed by atoms with E-state index in [0.29, 0.717) is 13.2 Å². The van der Waals surface area contributed by atoms with E-state index in [0.717, 1.165) is 34.6 Å². The zero-order valence-electron chi connectivity index (χ0n) is 15.0. The van der Waals surface area contributed by atoms with Gasteiger partial charge < -0.3 is 9.64 Å². The van der Waals surface area contributed by atoms with Crippen LogP contribution in [0.5, 0.6) is 0 Å². The Hall–Kier alpha value is -3.10. The van der Waals surface area contributed by atoms with Gasteiger partial charge in [0.05, 0.1) is 18.9 Å². The van der Waals surface area contributed by atoms with Crippen molar-refractivity contribution in [2.24, 2.45) is 0 Å². The lowest BCUT2D eigenvalue weighted by Gasteiger charge is -2.34. The van der Waals surface area contributed by atoms with Gasteiger partial charge in [0.1, 0.15) is 12.4 Å². The van der Waals surface area contributed by atoms with Crippen LogP contribution in [-0.4, -0.2) is 43.9 Å². The molecule has 0 saturated carbocycles. The molecule has 2 aromatic carbocycles. The molecule has 1 saturated heterocycles. The standard InChI is InChI=1S/C20H18N6OS/c1-3-7-15(8-4-1)18-23-20(28-24-18)25-11-12-27-13-17(25)19-21-14-22-26(19)16-9-5-2-6-10-16/h1-10,14,17H,11-13H2/t17-/m0/s1. The average Bonchev–Trinajstić information content (AvgIpc) is 3.45. The van der Waals surface area contributed by atoms with Crippen LogP contribution in [0.4, 0.5) is 5.13 Å². The molecule has 0 radical (unpaired) electrons. The van der Waals surface area contributed by atoms with Crippen LogP contribution < -0.4 is 4.90 Å². The van der Waals surface area contributed by atoms with Gasteiger partial charge in [0.2, 0.25) is 5.13 Å². The van der Waals surface area contributed by atoms with Gasteiger partial charge in [-0.15, -0.1) is 0 Å². The SMILES string of the molecule is c1ccc(-c2nsc(N3CCOC[C@H]3c3ncnn3-c3ccccc3)n2)cc1. The molecule has 0 aliphatic carbocycles. The van der Waals surface area contributed by atoms with Crippen LogP contribution in [0.1, 0.15) is 11.9 Å². The molecular weight excluding hydrogens is 372 g/mol. The summed E-state index contributed by atoms with van der Waals surface area (Å²) in [5, 5.41) is 5.30. The van der Waals surface area contributed by atoms with Gasteiger partial charge in [0.15, 0.2) is 11.6 Å². The molecule has 4 aromatic rings. The van der Waals surface area contributed by atoms with E-state index in [4.69, 9.17) is 9.72 Å². The second-order valence-electron chi connectivity index (χ2n) is 6.42. The van der Waals surface area contributed by atoms with Crippen LogP contribution in [0.3, 0.4) is 0 Å². The number of morpholine rings is 1. The van der Waals surface area contributed by atoms with Gasteiger partial charge >= 0.3 is 0 Å². The van der Waals surface area contributed by atoms with E-state index in [1.807, 2.05) is 65.3 Å². The molecule has 1 aliphatic heterocycles. The van der Waals surface area contributed by atoms with Crippen molar-refractivity contribution < 1.29 is 4.74 Å². The van der Waals surface area contributed by atoms with Gasteiger partial charge in [0, 0.05) is 23.6 Å². The van der Waals surface area contributed by atoms with Gasteiger partial charge in [-0.1, -0.05) is 48.5 Å². The lowest BCUT2D eigenvalue weighted by Crippen LogP contribution is -2.41. The van der Waals surface area contributed by atoms with E-state index in [9.17, 15) is 0 Å². The summed E-state index contributed by atoms with van der Waals surface area (Å²) in [4.78, 5) is 11.5. The van der Waals surface area contributed by atoms with Gasteiger partial charge in [-0.3, -0.25) is 0 Å². The van der Waals surface area contributed by atoms with Crippen LogP contribution in [0.25, 0.3) is 17.1 Å². The fourth-order valence-corrected chi connectivity index (χ4v) is 4.09. The van der Waals surface area contributed by atoms with Crippen molar-refractivity contribution in [3.05, 3.63) is 72.8 Å². The Morgan fingerprint density at radius 2 is 1.79 bits per heavy atom. The molecular formula is C20H18N6OS. The largest absolute Gasteiger partial charge is 0.377 e. The summed E-state index contributed by atoms with van der Waals surface area (Å²) in [5.41, 5.74) is 1.99. The maximum absolute atomic E-state index is 5.77. The fraction of sp³-hybridized carbons (Fsp3) is 0.200. The van der Waals surface area contributed by atoms with Crippen LogP contribution in [0, 0.1) is 0 Å². The summed E-state index contributed by atoms with van der Waals surface area (Å²) in [5.74, 6) is 1.58. The van der Waals surface area contributed by atoms with Crippen molar-refractivity contribution in [1.29, 1.82) is 0 Å². The Morgan fingerprint density at radius 1 is 1.00 bits per heavy atom. The van der Waals surface area contributed by atoms with Crippen LogP contribution in [-0.2, 0) is 4.74 Å². The van der Waals surface area contributed by atoms with Crippen LogP contribution in [0.15, 0.2) is 67.0 Å². The molecule has 2 aromatic heterocycles. The van der Waals surface area contributed by atoms with Crippen LogP contribution >= 0.6 is 11.5 Å². The number of benzene rings is 2. The molecule has 1 atom stereocenters. The topological polar surface area (TPSA) is 69.0 Å². The first-order valence-electron chi connectivity index (χ1n) is 9.09. The summed E-state index contributed by atoms with van der Waals surface area (Å²) in [6.07, 6.45) is 1.59. The number of nitrogens with zero attached hydrogens (tertiary/aromatic N) is 6. The Labute approximate surface area is 166 Å². The number of hydrogen-bond donors (Lipinski definition) is 0. The van der Waals surface area contributed by atoms with Crippen molar-refractivity contribution in [2.45, 2.75) is 6.04 Å². The highest BCUT2D eigenvalue weighted by Gasteiger charge is 2.31. The second kappa shape index (κ2) is 7.49. The molecule has 8 heteroatoms. The Balaban J connectivity index is 1.49. The number of anilines is 1. The Kier molecular flexibility index (Phi) is 4.56. The number of ether oxygens (including phenoxy) is 1. The molecule has 1 fully saturated rings. The maximum Gasteiger partial charge on any atom is 0.206 e. The van der Waals surface area contributed by atoms with E-state index < -0.39 is 0 Å². The minimum atomic E-state index is -0.0759. The molecule has 0 amide bonds. The number of para-hydroxylation sites is 1. The lowest BCUT2D eigenvalue weighted by molar-refractivity contribution is 0.0911. The van der Waals surface area contributed by atoms with Crippen molar-refractivity contribution in [1.82, 2.24) is 24.1 Å². The van der Waals surface area contributed by atoms with Gasteiger partial charge in [-0.2, -0.15) is 14.5 Å². The first kappa shape index (κ1) is 17.0. The highest BCUT2D eigenvalue weighted by molar-refractivity contribution is 7.09. The summed E-state index contributed by atoms with van der Waals surface area (Å²) >= 11 is 1.41. The third kappa shape index (κ3) is 3.17. The molecule has 5 rings (SSSR count). The predicted octanol–water partition coefficient (Wildman–Crippen LogP) is 3.36. The van der Waals surface area contributed by atoms with E-state index in [-0.39, 0.29) is 6.04 Å². The third-order valence-corrected chi connectivity index (χ3v) is 5.45. The molecule has 7 nitrogen and oxygen atoms in total. The van der Waals surface area contributed by atoms with Gasteiger partial charge in [-0.05, 0) is 12.1 Å². The van der Waals surface area contributed by atoms with Crippen molar-refractivity contribution >= 4 is 16.7 Å². The van der Waals surface area contributed by atoms with E-state index in [2.05, 4.69) is 19.4 Å². The third-order valence-electron chi connectivity index (χ3n) is 4.69. The second-order valence-corrected chi connectivity index (χ2v) is 7.15. The Bertz CT molecular complexity index is 1050. The highest BCUT2D eigenvalue weighted by atomic mass is 32.1. The number of hydrogen-bond acceptors (Lipinski definition) is 7. The quantitative estimate of drug-likeness (QED) is 0.532. The number of aromatic nitrogens is 5. The number of rotatable bonds is 4. The fourth-order valence-electron chi connectivity index (χ4n) is 3.33. The molecule has 0 unspecified atom stereocenters. The summed E-state index contributed by atoms with van der Waals surface area (Å²) in [6.45, 7) is 1.91. The Morgan fingerprint density at radius 3 is 2.61 bits per heavy atom. The minimum Gasteiger partial charge on any atom is -0.377 e. The molecule has 140 valence electrons. The van der Waals surface area contributed by atoms with Crippen molar-refractivity contribution in [3.63, 3.8) is 0 Å². The van der Waals surface area contributed by atoms with Crippen LogP contribution in [0.2, 0.25) is 0 Å². The molecule has 3 heterocycles. The molecule has 0 N–H and O–H groups in total. The first-order chi connectivity index (χ1) is 13.9. The van der Waals surface area contributed by atoms with Crippen molar-refractivity contribution in [3.8, 4) is 17.1 Å². The maximum atomic E-state index is 5.77. The van der Waals surface area contributed by atoms with E-state index in [1.165, 1.54) is 11.5 Å². The zero-order valence-corrected chi connectivity index (χ0v) is 15.9. The van der Waals surface area contributed by atoms with Crippen molar-refractivity contribution in [2.75, 3.05) is 24.7 Å². The smallest absolute Gasteiger partial charge is 0.206 e. The normalized spacial score (nSPS) is 17.0. The van der Waals surface area contributed by atoms with Gasteiger partial charge in [-0.25, -0.2) is 9.67 Å². The first-order valence-corrected chi connectivity index (χ1v) is 9.86. The summed E-state index contributed by atoms with van der Waals surface area (Å²) < 4.78 is 12.2. The molecule has 0 spiro atoms. The summed E-state index contributed by atoms with van der Waals surface area (Å²) in [7, 11) is 0. The van der Waals surface area contributed by atoms with Gasteiger partial charge in [0.25, 0.3) is 0 Å². The monoisotopic (exact) mass is 390 g/mol. The lowest BCUT2D eigenvalue weighted by atomic mass is 10.2. The van der Waals surface area contributed by atoms with E-state index >= 15 is 0 Å². The molecule has 28 heavy (non-hydrogen) atoms.